The lowest BCUT2D eigenvalue weighted by Crippen LogP contribution is -2.32. The van der Waals surface area contributed by atoms with Crippen molar-refractivity contribution < 1.29 is 13.9 Å². The van der Waals surface area contributed by atoms with E-state index in [4.69, 9.17) is 20.8 Å². The second-order valence-electron chi connectivity index (χ2n) is 5.72. The fourth-order valence-electron chi connectivity index (χ4n) is 2.60. The molecule has 1 fully saturated rings. The van der Waals surface area contributed by atoms with Gasteiger partial charge in [-0.3, -0.25) is 4.79 Å². The number of furan rings is 1. The van der Waals surface area contributed by atoms with Crippen LogP contribution in [-0.4, -0.2) is 25.2 Å². The summed E-state index contributed by atoms with van der Waals surface area (Å²) in [7, 11) is 0. The molecule has 1 saturated heterocycles. The van der Waals surface area contributed by atoms with Gasteiger partial charge in [0.1, 0.15) is 23.2 Å². The Labute approximate surface area is 150 Å². The fourth-order valence-corrected chi connectivity index (χ4v) is 2.72. The van der Waals surface area contributed by atoms with Gasteiger partial charge in [-0.2, -0.15) is 5.26 Å². The molecule has 0 bridgehead atoms. The van der Waals surface area contributed by atoms with E-state index in [-0.39, 0.29) is 11.7 Å². The molecule has 1 amide bonds. The van der Waals surface area contributed by atoms with Crippen LogP contribution >= 0.6 is 11.6 Å². The van der Waals surface area contributed by atoms with E-state index >= 15 is 0 Å². The topological polar surface area (TPSA) is 75.3 Å². The van der Waals surface area contributed by atoms with E-state index in [0.29, 0.717) is 23.1 Å². The minimum Gasteiger partial charge on any atom is -0.457 e. The van der Waals surface area contributed by atoms with Gasteiger partial charge in [-0.15, -0.1) is 0 Å². The third-order valence-electron chi connectivity index (χ3n) is 3.92. The molecule has 2 aromatic rings. The first-order chi connectivity index (χ1) is 12.2. The van der Waals surface area contributed by atoms with Crippen LogP contribution in [0, 0.1) is 11.3 Å². The summed E-state index contributed by atoms with van der Waals surface area (Å²) in [6, 6.07) is 12.6. The van der Waals surface area contributed by atoms with E-state index in [2.05, 4.69) is 5.32 Å². The van der Waals surface area contributed by atoms with Gasteiger partial charge in [0.2, 0.25) is 0 Å². The highest BCUT2D eigenvalue weighted by atomic mass is 35.5. The lowest BCUT2D eigenvalue weighted by atomic mass is 10.2. The second-order valence-corrected chi connectivity index (χ2v) is 6.16. The van der Waals surface area contributed by atoms with Gasteiger partial charge < -0.3 is 14.5 Å². The van der Waals surface area contributed by atoms with E-state index in [1.54, 1.807) is 24.3 Å². The summed E-state index contributed by atoms with van der Waals surface area (Å²) >= 11 is 5.87. The van der Waals surface area contributed by atoms with Crippen molar-refractivity contribution >= 4 is 23.6 Å². The highest BCUT2D eigenvalue weighted by Gasteiger charge is 2.18. The summed E-state index contributed by atoms with van der Waals surface area (Å²) in [5.74, 6) is 0.649. The van der Waals surface area contributed by atoms with Crippen LogP contribution in [0.4, 0.5) is 0 Å². The molecule has 1 aliphatic rings. The van der Waals surface area contributed by atoms with E-state index in [1.807, 2.05) is 18.2 Å². The Hall–Kier alpha value is -2.55. The summed E-state index contributed by atoms with van der Waals surface area (Å²) in [5.41, 5.74) is 0.861. The molecular formula is C19H17ClN2O3. The Kier molecular flexibility index (Phi) is 5.54. The molecular weight excluding hydrogens is 340 g/mol. The van der Waals surface area contributed by atoms with Gasteiger partial charge in [-0.25, -0.2) is 0 Å². The molecule has 1 aromatic heterocycles. The zero-order chi connectivity index (χ0) is 17.6. The lowest BCUT2D eigenvalue weighted by Gasteiger charge is -2.09. The number of ether oxygens (including phenoxy) is 1. The summed E-state index contributed by atoms with van der Waals surface area (Å²) in [5, 5.41) is 12.6. The van der Waals surface area contributed by atoms with Gasteiger partial charge in [0, 0.05) is 29.8 Å². The first kappa shape index (κ1) is 17.3. The van der Waals surface area contributed by atoms with E-state index in [1.165, 1.54) is 6.08 Å². The quantitative estimate of drug-likeness (QED) is 0.653. The van der Waals surface area contributed by atoms with Crippen LogP contribution in [0.25, 0.3) is 17.4 Å². The van der Waals surface area contributed by atoms with Crippen LogP contribution in [0.3, 0.4) is 0 Å². The lowest BCUT2D eigenvalue weighted by molar-refractivity contribution is -0.117. The van der Waals surface area contributed by atoms with Crippen molar-refractivity contribution in [2.24, 2.45) is 0 Å². The Balaban J connectivity index is 1.68. The fraction of sp³-hybridized carbons (Fsp3) is 0.263. The Bertz CT molecular complexity index is 812. The average molecular weight is 357 g/mol. The van der Waals surface area contributed by atoms with Crippen LogP contribution in [0.1, 0.15) is 18.6 Å². The maximum Gasteiger partial charge on any atom is 0.262 e. The largest absolute Gasteiger partial charge is 0.457 e. The number of amides is 1. The number of rotatable bonds is 5. The Morgan fingerprint density at radius 3 is 2.80 bits per heavy atom. The van der Waals surface area contributed by atoms with Crippen molar-refractivity contribution in [2.45, 2.75) is 18.9 Å². The van der Waals surface area contributed by atoms with Crippen molar-refractivity contribution in [2.75, 3.05) is 13.2 Å². The maximum absolute atomic E-state index is 12.1. The monoisotopic (exact) mass is 356 g/mol. The zero-order valence-corrected chi connectivity index (χ0v) is 14.3. The predicted molar refractivity (Wildman–Crippen MR) is 94.7 cm³/mol. The molecule has 0 unspecified atom stereocenters. The van der Waals surface area contributed by atoms with Crippen LogP contribution in [0.5, 0.6) is 0 Å². The van der Waals surface area contributed by atoms with Crippen LogP contribution in [0.15, 0.2) is 46.4 Å². The minimum atomic E-state index is -0.428. The third kappa shape index (κ3) is 4.50. The van der Waals surface area contributed by atoms with E-state index < -0.39 is 5.91 Å². The molecule has 1 N–H and O–H groups in total. The smallest absolute Gasteiger partial charge is 0.262 e. The van der Waals surface area contributed by atoms with Crippen molar-refractivity contribution in [3.63, 3.8) is 0 Å². The third-order valence-corrected chi connectivity index (χ3v) is 4.17. The number of nitrogens with one attached hydrogen (secondary N) is 1. The molecule has 0 spiro atoms. The van der Waals surface area contributed by atoms with E-state index in [9.17, 15) is 10.1 Å². The highest BCUT2D eigenvalue weighted by Crippen LogP contribution is 2.24. The number of halogens is 1. The number of nitrogens with zero attached hydrogens (tertiary/aromatic N) is 1. The van der Waals surface area contributed by atoms with Crippen LogP contribution in [0.2, 0.25) is 5.02 Å². The molecule has 3 rings (SSSR count). The standard InChI is InChI=1S/C19H17ClN2O3/c20-15-5-3-13(4-6-15)18-8-7-16(25-18)10-14(11-21)19(23)22-12-17-2-1-9-24-17/h3-8,10,17H,1-2,9,12H2,(H,22,23)/b14-10+/t17-/m1/s1. The number of carbonyl (C=O) groups is 1. The van der Waals surface area contributed by atoms with Crippen LogP contribution < -0.4 is 5.32 Å². The van der Waals surface area contributed by atoms with Crippen molar-refractivity contribution in [3.8, 4) is 17.4 Å². The molecule has 1 atom stereocenters. The molecule has 2 heterocycles. The minimum absolute atomic E-state index is 0.00463. The molecule has 0 aliphatic carbocycles. The maximum atomic E-state index is 12.1. The van der Waals surface area contributed by atoms with Crippen LogP contribution in [-0.2, 0) is 9.53 Å². The molecule has 1 aliphatic heterocycles. The summed E-state index contributed by atoms with van der Waals surface area (Å²) in [4.78, 5) is 12.1. The number of hydrogen-bond acceptors (Lipinski definition) is 4. The van der Waals surface area contributed by atoms with E-state index in [0.717, 1.165) is 25.0 Å². The zero-order valence-electron chi connectivity index (χ0n) is 13.5. The van der Waals surface area contributed by atoms with Gasteiger partial charge in [0.05, 0.1) is 6.10 Å². The van der Waals surface area contributed by atoms with Gasteiger partial charge in [-0.1, -0.05) is 11.6 Å². The number of nitriles is 1. The second kappa shape index (κ2) is 8.02. The molecule has 5 nitrogen and oxygen atoms in total. The molecule has 6 heteroatoms. The normalized spacial score (nSPS) is 17.3. The highest BCUT2D eigenvalue weighted by molar-refractivity contribution is 6.30. The predicted octanol–water partition coefficient (Wildman–Crippen LogP) is 3.80. The summed E-state index contributed by atoms with van der Waals surface area (Å²) in [6.45, 7) is 1.13. The van der Waals surface area contributed by atoms with Gasteiger partial charge >= 0.3 is 0 Å². The number of carbonyl (C=O) groups excluding carboxylic acids is 1. The average Bonchev–Trinajstić information content (AvgIpc) is 3.30. The number of benzene rings is 1. The molecule has 25 heavy (non-hydrogen) atoms. The van der Waals surface area contributed by atoms with Gasteiger partial charge in [-0.05, 0) is 49.2 Å². The molecule has 0 saturated carbocycles. The molecule has 128 valence electrons. The Morgan fingerprint density at radius 2 is 2.12 bits per heavy atom. The first-order valence-corrected chi connectivity index (χ1v) is 8.41. The summed E-state index contributed by atoms with van der Waals surface area (Å²) in [6.07, 6.45) is 3.39. The van der Waals surface area contributed by atoms with Gasteiger partial charge in [0.25, 0.3) is 5.91 Å². The number of hydrogen-bond donors (Lipinski definition) is 1. The van der Waals surface area contributed by atoms with Crippen molar-refractivity contribution in [3.05, 3.63) is 52.8 Å². The van der Waals surface area contributed by atoms with Crippen molar-refractivity contribution in [1.82, 2.24) is 5.32 Å². The van der Waals surface area contributed by atoms with Crippen molar-refractivity contribution in [1.29, 1.82) is 5.26 Å². The molecule has 0 radical (unpaired) electrons. The SMILES string of the molecule is N#C/C(=C\c1ccc(-c2ccc(Cl)cc2)o1)C(=O)NC[C@H]1CCCO1. The van der Waals surface area contributed by atoms with Gasteiger partial charge in [0.15, 0.2) is 0 Å². The Morgan fingerprint density at radius 1 is 1.32 bits per heavy atom. The molecule has 1 aromatic carbocycles. The first-order valence-electron chi connectivity index (χ1n) is 8.03. The summed E-state index contributed by atoms with van der Waals surface area (Å²) < 4.78 is 11.1.